The lowest BCUT2D eigenvalue weighted by molar-refractivity contribution is -0.134. The molecule has 0 unspecified atom stereocenters. The van der Waals surface area contributed by atoms with Crippen LogP contribution in [0.5, 0.6) is 0 Å². The summed E-state index contributed by atoms with van der Waals surface area (Å²) in [6, 6.07) is 9.69. The highest BCUT2D eigenvalue weighted by Gasteiger charge is 2.25. The van der Waals surface area contributed by atoms with E-state index < -0.39 is 0 Å². The predicted molar refractivity (Wildman–Crippen MR) is 62.2 cm³/mol. The zero-order chi connectivity index (χ0) is 11.4. The summed E-state index contributed by atoms with van der Waals surface area (Å²) in [5, 5.41) is 4.46. The summed E-state index contributed by atoms with van der Waals surface area (Å²) in [6.45, 7) is 1.38. The van der Waals surface area contributed by atoms with Crippen molar-refractivity contribution in [2.24, 2.45) is 5.84 Å². The highest BCUT2D eigenvalue weighted by Crippen LogP contribution is 2.09. The molecule has 0 radical (unpaired) electrons. The second-order valence-electron chi connectivity index (χ2n) is 4.10. The van der Waals surface area contributed by atoms with E-state index in [1.54, 1.807) is 0 Å². The van der Waals surface area contributed by atoms with Crippen molar-refractivity contribution in [3.8, 4) is 0 Å². The molecule has 1 amide bonds. The Morgan fingerprint density at radius 2 is 2.19 bits per heavy atom. The molecule has 1 heterocycles. The number of nitrogens with one attached hydrogen (secondary N) is 1. The van der Waals surface area contributed by atoms with Gasteiger partial charge < -0.3 is 5.32 Å². The molecule has 1 aliphatic rings. The summed E-state index contributed by atoms with van der Waals surface area (Å²) in [7, 11) is 0. The zero-order valence-corrected chi connectivity index (χ0v) is 9.23. The fourth-order valence-corrected chi connectivity index (χ4v) is 1.95. The lowest BCUT2D eigenvalue weighted by atomic mass is 10.2. The third kappa shape index (κ3) is 2.59. The molecule has 16 heavy (non-hydrogen) atoms. The molecular weight excluding hydrogens is 202 g/mol. The van der Waals surface area contributed by atoms with Gasteiger partial charge in [-0.3, -0.25) is 9.80 Å². The minimum Gasteiger partial charge on any atom is -0.306 e. The van der Waals surface area contributed by atoms with Gasteiger partial charge in [0.2, 0.25) is 0 Å². The Hall–Kier alpha value is -1.39. The molecule has 0 bridgehead atoms. The van der Waals surface area contributed by atoms with Crippen LogP contribution >= 0.6 is 0 Å². The monoisotopic (exact) mass is 219 g/mol. The van der Waals surface area contributed by atoms with E-state index >= 15 is 0 Å². The summed E-state index contributed by atoms with van der Waals surface area (Å²) in [5.74, 6) is 5.76. The second kappa shape index (κ2) is 5.09. The van der Waals surface area contributed by atoms with E-state index in [0.717, 1.165) is 24.9 Å². The number of rotatable bonds is 3. The van der Waals surface area contributed by atoms with Crippen LogP contribution in [0, 0.1) is 0 Å². The van der Waals surface area contributed by atoms with Gasteiger partial charge >= 0.3 is 0 Å². The fraction of sp³-hybridized carbons (Fsp3) is 0.417. The minimum atomic E-state index is -0.0892. The molecule has 86 valence electrons. The van der Waals surface area contributed by atoms with E-state index in [0.29, 0.717) is 6.54 Å². The Morgan fingerprint density at radius 3 is 2.81 bits per heavy atom. The molecule has 3 N–H and O–H groups in total. The number of benzene rings is 1. The molecule has 1 aromatic carbocycles. The van der Waals surface area contributed by atoms with Crippen LogP contribution in [0.15, 0.2) is 30.3 Å². The highest BCUT2D eigenvalue weighted by atomic mass is 16.2. The van der Waals surface area contributed by atoms with Crippen LogP contribution in [0.2, 0.25) is 0 Å². The largest absolute Gasteiger partial charge is 0.306 e. The number of hydrogen-bond acceptors (Lipinski definition) is 3. The van der Waals surface area contributed by atoms with Crippen LogP contribution in [0.3, 0.4) is 0 Å². The van der Waals surface area contributed by atoms with Crippen molar-refractivity contribution in [2.45, 2.75) is 25.4 Å². The van der Waals surface area contributed by atoms with Crippen LogP contribution in [0.1, 0.15) is 18.4 Å². The van der Waals surface area contributed by atoms with Crippen molar-refractivity contribution in [2.75, 3.05) is 6.54 Å². The minimum absolute atomic E-state index is 0.0126. The smallest absolute Gasteiger partial charge is 0.253 e. The Labute approximate surface area is 95.4 Å². The van der Waals surface area contributed by atoms with Gasteiger partial charge in [0.15, 0.2) is 0 Å². The van der Waals surface area contributed by atoms with E-state index in [2.05, 4.69) is 5.32 Å². The molecule has 0 aromatic heterocycles. The molecule has 0 saturated carbocycles. The van der Waals surface area contributed by atoms with Crippen molar-refractivity contribution in [3.63, 3.8) is 0 Å². The Morgan fingerprint density at radius 1 is 1.44 bits per heavy atom. The summed E-state index contributed by atoms with van der Waals surface area (Å²) < 4.78 is 0. The Kier molecular flexibility index (Phi) is 3.54. The van der Waals surface area contributed by atoms with Gasteiger partial charge in [0.05, 0.1) is 12.6 Å². The molecule has 4 nitrogen and oxygen atoms in total. The maximum atomic E-state index is 11.9. The first kappa shape index (κ1) is 11.1. The van der Waals surface area contributed by atoms with Gasteiger partial charge in [-0.05, 0) is 24.9 Å². The Balaban J connectivity index is 1.92. The molecule has 1 atom stereocenters. The number of hydrazine groups is 1. The molecule has 1 aromatic rings. The number of nitrogens with zero attached hydrogens (tertiary/aromatic N) is 1. The Bertz CT molecular complexity index is 347. The first-order chi connectivity index (χ1) is 7.77. The maximum absolute atomic E-state index is 11.9. The summed E-state index contributed by atoms with van der Waals surface area (Å²) in [4.78, 5) is 11.9. The van der Waals surface area contributed by atoms with E-state index in [1.165, 1.54) is 5.01 Å². The summed E-state index contributed by atoms with van der Waals surface area (Å²) in [6.07, 6.45) is 1.94. The van der Waals surface area contributed by atoms with Crippen LogP contribution in [-0.4, -0.2) is 23.5 Å². The van der Waals surface area contributed by atoms with E-state index in [9.17, 15) is 4.79 Å². The van der Waals surface area contributed by atoms with Crippen molar-refractivity contribution in [1.29, 1.82) is 0 Å². The van der Waals surface area contributed by atoms with Gasteiger partial charge in [0.1, 0.15) is 0 Å². The first-order valence-corrected chi connectivity index (χ1v) is 5.61. The molecule has 0 spiro atoms. The van der Waals surface area contributed by atoms with Crippen molar-refractivity contribution in [3.05, 3.63) is 35.9 Å². The predicted octanol–water partition coefficient (Wildman–Crippen LogP) is 0.641. The topological polar surface area (TPSA) is 58.4 Å². The van der Waals surface area contributed by atoms with Gasteiger partial charge in [-0.2, -0.15) is 0 Å². The van der Waals surface area contributed by atoms with Crippen LogP contribution in [0.4, 0.5) is 0 Å². The lowest BCUT2D eigenvalue weighted by Gasteiger charge is -2.20. The van der Waals surface area contributed by atoms with Crippen LogP contribution in [-0.2, 0) is 11.3 Å². The highest BCUT2D eigenvalue weighted by molar-refractivity contribution is 5.81. The standard InChI is InChI=1S/C12H17N3O/c13-15(9-10-5-2-1-3-6-10)12(16)11-7-4-8-14-11/h1-3,5-6,11,14H,4,7-9,13H2/t11-/m1/s1. The quantitative estimate of drug-likeness (QED) is 0.445. The lowest BCUT2D eigenvalue weighted by Crippen LogP contribution is -2.46. The molecule has 4 heteroatoms. The summed E-state index contributed by atoms with van der Waals surface area (Å²) in [5.41, 5.74) is 1.05. The average molecular weight is 219 g/mol. The normalized spacial score (nSPS) is 19.7. The SMILES string of the molecule is NN(Cc1ccccc1)C(=O)[C@H]1CCCN1. The zero-order valence-electron chi connectivity index (χ0n) is 9.23. The average Bonchev–Trinajstić information content (AvgIpc) is 2.83. The van der Waals surface area contributed by atoms with E-state index in [4.69, 9.17) is 5.84 Å². The first-order valence-electron chi connectivity index (χ1n) is 5.61. The van der Waals surface area contributed by atoms with Crippen molar-refractivity contribution >= 4 is 5.91 Å². The number of nitrogens with two attached hydrogens (primary N) is 1. The molecule has 2 rings (SSSR count). The molecule has 1 saturated heterocycles. The van der Waals surface area contributed by atoms with Gasteiger partial charge in [0.25, 0.3) is 5.91 Å². The molecule has 1 fully saturated rings. The number of carbonyl (C=O) groups is 1. The van der Waals surface area contributed by atoms with Gasteiger partial charge in [0, 0.05) is 0 Å². The summed E-state index contributed by atoms with van der Waals surface area (Å²) >= 11 is 0. The molecule has 1 aliphatic heterocycles. The van der Waals surface area contributed by atoms with E-state index in [1.807, 2.05) is 30.3 Å². The second-order valence-corrected chi connectivity index (χ2v) is 4.10. The van der Waals surface area contributed by atoms with Gasteiger partial charge in [-0.25, -0.2) is 5.84 Å². The molecule has 0 aliphatic carbocycles. The third-order valence-corrected chi connectivity index (χ3v) is 2.84. The van der Waals surface area contributed by atoms with Gasteiger partial charge in [-0.1, -0.05) is 30.3 Å². The van der Waals surface area contributed by atoms with Crippen molar-refractivity contribution < 1.29 is 4.79 Å². The van der Waals surface area contributed by atoms with Crippen molar-refractivity contribution in [1.82, 2.24) is 10.3 Å². The number of carbonyl (C=O) groups excluding carboxylic acids is 1. The fourth-order valence-electron chi connectivity index (χ4n) is 1.95. The van der Waals surface area contributed by atoms with Crippen LogP contribution < -0.4 is 11.2 Å². The van der Waals surface area contributed by atoms with Gasteiger partial charge in [-0.15, -0.1) is 0 Å². The van der Waals surface area contributed by atoms with Crippen LogP contribution in [0.25, 0.3) is 0 Å². The maximum Gasteiger partial charge on any atom is 0.253 e. The van der Waals surface area contributed by atoms with E-state index in [-0.39, 0.29) is 11.9 Å². The third-order valence-electron chi connectivity index (χ3n) is 2.84. The number of hydrogen-bond donors (Lipinski definition) is 2. The number of amides is 1. The molecular formula is C12H17N3O.